The lowest BCUT2D eigenvalue weighted by atomic mass is 10.1. The SMILES string of the molecule is Cc1cccc(C)c1NC(=O)N1CCN(c2nc3ccncc3n(CC(C)C)c2=O)CC1. The van der Waals surface area contributed by atoms with Crippen LogP contribution in [0.25, 0.3) is 11.0 Å². The van der Waals surface area contributed by atoms with E-state index in [-0.39, 0.29) is 11.6 Å². The standard InChI is InChI=1S/C24H30N6O2/c1-16(2)15-30-20-14-25-9-8-19(20)26-22(23(30)31)28-10-12-29(13-11-28)24(32)27-21-17(3)6-5-7-18(21)4/h5-9,14,16H,10-13,15H2,1-4H3,(H,27,32). The second kappa shape index (κ2) is 8.98. The second-order valence-corrected chi connectivity index (χ2v) is 8.78. The van der Waals surface area contributed by atoms with Crippen molar-refractivity contribution in [3.05, 3.63) is 58.1 Å². The quantitative estimate of drug-likeness (QED) is 0.680. The Balaban J connectivity index is 1.52. The Morgan fingerprint density at radius 2 is 1.78 bits per heavy atom. The van der Waals surface area contributed by atoms with E-state index in [0.29, 0.717) is 44.5 Å². The fourth-order valence-electron chi connectivity index (χ4n) is 4.14. The van der Waals surface area contributed by atoms with Crippen LogP contribution in [0.4, 0.5) is 16.3 Å². The Morgan fingerprint density at radius 1 is 1.09 bits per heavy atom. The summed E-state index contributed by atoms with van der Waals surface area (Å²) in [5, 5.41) is 3.05. The van der Waals surface area contributed by atoms with Crippen molar-refractivity contribution in [3.63, 3.8) is 0 Å². The van der Waals surface area contributed by atoms with Crippen molar-refractivity contribution in [1.29, 1.82) is 0 Å². The smallest absolute Gasteiger partial charge is 0.321 e. The highest BCUT2D eigenvalue weighted by atomic mass is 16.2. The third-order valence-corrected chi connectivity index (χ3v) is 5.86. The summed E-state index contributed by atoms with van der Waals surface area (Å²) in [7, 11) is 0. The van der Waals surface area contributed by atoms with E-state index in [1.165, 1.54) is 0 Å². The van der Waals surface area contributed by atoms with Crippen LogP contribution in [0, 0.1) is 19.8 Å². The van der Waals surface area contributed by atoms with Crippen molar-refractivity contribution in [2.24, 2.45) is 5.92 Å². The van der Waals surface area contributed by atoms with E-state index in [9.17, 15) is 9.59 Å². The number of rotatable bonds is 4. The van der Waals surface area contributed by atoms with Gasteiger partial charge in [-0.2, -0.15) is 0 Å². The molecule has 1 aliphatic heterocycles. The van der Waals surface area contributed by atoms with E-state index in [0.717, 1.165) is 27.8 Å². The van der Waals surface area contributed by atoms with Gasteiger partial charge in [-0.25, -0.2) is 9.78 Å². The van der Waals surface area contributed by atoms with Crippen LogP contribution in [0.2, 0.25) is 0 Å². The number of benzene rings is 1. The molecule has 8 nitrogen and oxygen atoms in total. The number of fused-ring (bicyclic) bond motifs is 1. The van der Waals surface area contributed by atoms with Gasteiger partial charge in [0, 0.05) is 44.6 Å². The first-order chi connectivity index (χ1) is 15.3. The molecule has 0 saturated carbocycles. The van der Waals surface area contributed by atoms with Gasteiger partial charge in [-0.05, 0) is 37.0 Å². The van der Waals surface area contributed by atoms with Crippen LogP contribution < -0.4 is 15.8 Å². The molecule has 1 fully saturated rings. The number of urea groups is 1. The van der Waals surface area contributed by atoms with Crippen LogP contribution in [0.5, 0.6) is 0 Å². The zero-order chi connectivity index (χ0) is 22.8. The Bertz CT molecular complexity index is 1170. The molecule has 0 radical (unpaired) electrons. The number of carbonyl (C=O) groups is 1. The molecule has 4 rings (SSSR count). The van der Waals surface area contributed by atoms with Gasteiger partial charge >= 0.3 is 6.03 Å². The minimum absolute atomic E-state index is 0.104. The maximum absolute atomic E-state index is 13.3. The van der Waals surface area contributed by atoms with E-state index in [1.54, 1.807) is 21.9 Å². The molecule has 0 spiro atoms. The van der Waals surface area contributed by atoms with Crippen LogP contribution in [0.15, 0.2) is 41.5 Å². The van der Waals surface area contributed by atoms with Crippen LogP contribution in [0.1, 0.15) is 25.0 Å². The summed E-state index contributed by atoms with van der Waals surface area (Å²) in [6, 6.07) is 7.69. The summed E-state index contributed by atoms with van der Waals surface area (Å²) in [6.07, 6.45) is 3.39. The van der Waals surface area contributed by atoms with E-state index in [2.05, 4.69) is 29.1 Å². The number of hydrogen-bond acceptors (Lipinski definition) is 5. The first kappa shape index (κ1) is 21.8. The summed E-state index contributed by atoms with van der Waals surface area (Å²) < 4.78 is 1.77. The van der Waals surface area contributed by atoms with Crippen LogP contribution in [-0.4, -0.2) is 51.6 Å². The summed E-state index contributed by atoms with van der Waals surface area (Å²) >= 11 is 0. The molecule has 3 aromatic rings. The van der Waals surface area contributed by atoms with Gasteiger partial charge in [-0.1, -0.05) is 32.0 Å². The molecule has 1 aromatic carbocycles. The monoisotopic (exact) mass is 434 g/mol. The highest BCUT2D eigenvalue weighted by molar-refractivity contribution is 5.91. The molecule has 1 aliphatic rings. The summed E-state index contributed by atoms with van der Waals surface area (Å²) in [6.45, 7) is 10.9. The zero-order valence-corrected chi connectivity index (χ0v) is 19.1. The zero-order valence-electron chi connectivity index (χ0n) is 19.1. The van der Waals surface area contributed by atoms with Crippen molar-refractivity contribution >= 4 is 28.6 Å². The van der Waals surface area contributed by atoms with Gasteiger partial charge in [0.15, 0.2) is 5.82 Å². The molecule has 0 unspecified atom stereocenters. The molecule has 2 amide bonds. The predicted molar refractivity (Wildman–Crippen MR) is 127 cm³/mol. The number of piperazine rings is 1. The molecule has 0 atom stereocenters. The lowest BCUT2D eigenvalue weighted by Gasteiger charge is -2.35. The third kappa shape index (κ3) is 4.30. The number of amides is 2. The molecule has 1 N–H and O–H groups in total. The van der Waals surface area contributed by atoms with Gasteiger partial charge < -0.3 is 19.7 Å². The van der Waals surface area contributed by atoms with Gasteiger partial charge in [0.05, 0.1) is 17.2 Å². The summed E-state index contributed by atoms with van der Waals surface area (Å²) in [5.41, 5.74) is 4.34. The molecule has 1 saturated heterocycles. The number of anilines is 2. The first-order valence-electron chi connectivity index (χ1n) is 11.1. The Hall–Kier alpha value is -3.42. The van der Waals surface area contributed by atoms with Gasteiger partial charge in [-0.15, -0.1) is 0 Å². The molecule has 2 aromatic heterocycles. The number of aryl methyl sites for hydroxylation is 2. The third-order valence-electron chi connectivity index (χ3n) is 5.86. The van der Waals surface area contributed by atoms with Crippen molar-refractivity contribution in [2.75, 3.05) is 36.4 Å². The van der Waals surface area contributed by atoms with Crippen molar-refractivity contribution in [2.45, 2.75) is 34.2 Å². The van der Waals surface area contributed by atoms with Gasteiger partial charge in [-0.3, -0.25) is 9.78 Å². The molecule has 168 valence electrons. The average molecular weight is 435 g/mol. The Morgan fingerprint density at radius 3 is 2.44 bits per heavy atom. The minimum atomic E-state index is -0.114. The number of pyridine rings is 1. The van der Waals surface area contributed by atoms with Gasteiger partial charge in [0.1, 0.15) is 0 Å². The molecule has 32 heavy (non-hydrogen) atoms. The van der Waals surface area contributed by atoms with Gasteiger partial charge in [0.25, 0.3) is 5.56 Å². The Kier molecular flexibility index (Phi) is 6.12. The number of nitrogens with zero attached hydrogens (tertiary/aromatic N) is 5. The lowest BCUT2D eigenvalue weighted by molar-refractivity contribution is 0.208. The van der Waals surface area contributed by atoms with Crippen LogP contribution >= 0.6 is 0 Å². The minimum Gasteiger partial charge on any atom is -0.348 e. The second-order valence-electron chi connectivity index (χ2n) is 8.78. The van der Waals surface area contributed by atoms with E-state index in [4.69, 9.17) is 0 Å². The Labute approximate surface area is 187 Å². The normalized spacial score (nSPS) is 14.3. The number of aromatic nitrogens is 3. The predicted octanol–water partition coefficient (Wildman–Crippen LogP) is 3.42. The van der Waals surface area contributed by atoms with Crippen LogP contribution in [-0.2, 0) is 6.54 Å². The largest absolute Gasteiger partial charge is 0.348 e. The van der Waals surface area contributed by atoms with Crippen molar-refractivity contribution in [1.82, 2.24) is 19.4 Å². The maximum atomic E-state index is 13.3. The fraction of sp³-hybridized carbons (Fsp3) is 0.417. The average Bonchev–Trinajstić information content (AvgIpc) is 2.78. The van der Waals surface area contributed by atoms with Crippen molar-refractivity contribution < 1.29 is 4.79 Å². The summed E-state index contributed by atoms with van der Waals surface area (Å²) in [5.74, 6) is 0.760. The van der Waals surface area contributed by atoms with E-state index < -0.39 is 0 Å². The van der Waals surface area contributed by atoms with Gasteiger partial charge in [0.2, 0.25) is 0 Å². The fourth-order valence-corrected chi connectivity index (χ4v) is 4.14. The van der Waals surface area contributed by atoms with Crippen molar-refractivity contribution in [3.8, 4) is 0 Å². The van der Waals surface area contributed by atoms with E-state index in [1.807, 2.05) is 43.0 Å². The molecule has 0 bridgehead atoms. The van der Waals surface area contributed by atoms with E-state index >= 15 is 0 Å². The number of nitrogens with one attached hydrogen (secondary N) is 1. The highest BCUT2D eigenvalue weighted by Gasteiger charge is 2.25. The molecular weight excluding hydrogens is 404 g/mol. The topological polar surface area (TPSA) is 83.4 Å². The molecule has 8 heteroatoms. The molecule has 3 heterocycles. The number of hydrogen-bond donors (Lipinski definition) is 1. The number of para-hydroxylation sites is 1. The molecular formula is C24H30N6O2. The first-order valence-corrected chi connectivity index (χ1v) is 11.1. The molecule has 0 aliphatic carbocycles. The maximum Gasteiger partial charge on any atom is 0.321 e. The highest BCUT2D eigenvalue weighted by Crippen LogP contribution is 2.21. The van der Waals surface area contributed by atoms with Crippen LogP contribution in [0.3, 0.4) is 0 Å². The summed E-state index contributed by atoms with van der Waals surface area (Å²) in [4.78, 5) is 38.7. The lowest BCUT2D eigenvalue weighted by Crippen LogP contribution is -2.51. The number of carbonyl (C=O) groups excluding carboxylic acids is 1.